The monoisotopic (exact) mass is 263 g/mol. The largest absolute Gasteiger partial charge is 0.478 e. The van der Waals surface area contributed by atoms with Crippen LogP contribution in [0.4, 0.5) is 0 Å². The van der Waals surface area contributed by atoms with Gasteiger partial charge in [-0.3, -0.25) is 0 Å². The van der Waals surface area contributed by atoms with Crippen LogP contribution in [0, 0.1) is 0 Å². The molecular weight excluding hydrogens is 238 g/mol. The summed E-state index contributed by atoms with van der Waals surface area (Å²) >= 11 is 0. The summed E-state index contributed by atoms with van der Waals surface area (Å²) in [6.45, 7) is 3.82. The number of carboxylic acid groups (broad SMARTS) is 1. The Hall–Kier alpha value is -1.35. The quantitative estimate of drug-likeness (QED) is 0.631. The number of hydrogen-bond acceptors (Lipinski definition) is 2. The smallest absolute Gasteiger partial charge is 0.336 e. The van der Waals surface area contributed by atoms with Crippen LogP contribution in [-0.2, 0) is 6.54 Å². The molecule has 0 saturated carbocycles. The summed E-state index contributed by atoms with van der Waals surface area (Å²) in [5.41, 5.74) is 1.26. The highest BCUT2D eigenvalue weighted by atomic mass is 16.4. The average molecular weight is 263 g/mol. The maximum atomic E-state index is 11.0. The molecule has 19 heavy (non-hydrogen) atoms. The zero-order valence-corrected chi connectivity index (χ0v) is 11.8. The van der Waals surface area contributed by atoms with Gasteiger partial charge in [0, 0.05) is 6.54 Å². The van der Waals surface area contributed by atoms with Crippen molar-refractivity contribution < 1.29 is 9.90 Å². The summed E-state index contributed by atoms with van der Waals surface area (Å²) in [7, 11) is 0. The molecule has 0 unspecified atom stereocenters. The minimum absolute atomic E-state index is 0.401. The number of benzene rings is 1. The molecule has 0 saturated heterocycles. The Morgan fingerprint density at radius 1 is 1.11 bits per heavy atom. The lowest BCUT2D eigenvalue weighted by atomic mass is 10.1. The first-order valence-corrected chi connectivity index (χ1v) is 7.27. The first kappa shape index (κ1) is 15.7. The second-order valence-corrected chi connectivity index (χ2v) is 4.91. The Kier molecular flexibility index (Phi) is 7.91. The van der Waals surface area contributed by atoms with Crippen LogP contribution >= 0.6 is 0 Å². The van der Waals surface area contributed by atoms with Crippen molar-refractivity contribution >= 4 is 5.97 Å². The molecule has 0 aliphatic carbocycles. The van der Waals surface area contributed by atoms with Gasteiger partial charge in [0.05, 0.1) is 5.56 Å². The number of carboxylic acids is 1. The highest BCUT2D eigenvalue weighted by molar-refractivity contribution is 5.89. The number of carbonyl (C=O) groups is 1. The SMILES string of the molecule is CCCCCCCCNCc1ccccc1C(=O)O. The fourth-order valence-electron chi connectivity index (χ4n) is 2.14. The average Bonchev–Trinajstić information content (AvgIpc) is 2.42. The molecule has 0 radical (unpaired) electrons. The third-order valence-electron chi connectivity index (χ3n) is 3.27. The number of rotatable bonds is 10. The molecule has 0 aliphatic heterocycles. The number of aromatic carboxylic acids is 1. The Bertz CT molecular complexity index is 377. The molecule has 1 aromatic rings. The van der Waals surface area contributed by atoms with Gasteiger partial charge in [-0.2, -0.15) is 0 Å². The third-order valence-corrected chi connectivity index (χ3v) is 3.27. The van der Waals surface area contributed by atoms with Gasteiger partial charge in [-0.15, -0.1) is 0 Å². The van der Waals surface area contributed by atoms with Crippen molar-refractivity contribution in [1.82, 2.24) is 5.32 Å². The van der Waals surface area contributed by atoms with Gasteiger partial charge in [-0.05, 0) is 24.6 Å². The molecule has 0 amide bonds. The van der Waals surface area contributed by atoms with Gasteiger partial charge in [-0.25, -0.2) is 4.79 Å². The Balaban J connectivity index is 2.17. The lowest BCUT2D eigenvalue weighted by Crippen LogP contribution is -2.17. The van der Waals surface area contributed by atoms with Crippen LogP contribution < -0.4 is 5.32 Å². The number of unbranched alkanes of at least 4 members (excludes halogenated alkanes) is 5. The van der Waals surface area contributed by atoms with Crippen molar-refractivity contribution in [2.75, 3.05) is 6.54 Å². The van der Waals surface area contributed by atoms with E-state index < -0.39 is 5.97 Å². The van der Waals surface area contributed by atoms with Gasteiger partial charge < -0.3 is 10.4 Å². The second kappa shape index (κ2) is 9.56. The van der Waals surface area contributed by atoms with Gasteiger partial charge in [0.2, 0.25) is 0 Å². The molecule has 1 rings (SSSR count). The molecule has 106 valence electrons. The van der Waals surface area contributed by atoms with Gasteiger partial charge in [0.1, 0.15) is 0 Å². The molecule has 2 N–H and O–H groups in total. The van der Waals surface area contributed by atoms with Crippen molar-refractivity contribution in [2.45, 2.75) is 52.0 Å². The van der Waals surface area contributed by atoms with Crippen LogP contribution in [0.15, 0.2) is 24.3 Å². The number of nitrogens with one attached hydrogen (secondary N) is 1. The van der Waals surface area contributed by atoms with Crippen LogP contribution in [0.2, 0.25) is 0 Å². The molecule has 0 heterocycles. The maximum absolute atomic E-state index is 11.0. The highest BCUT2D eigenvalue weighted by Crippen LogP contribution is 2.08. The van der Waals surface area contributed by atoms with Gasteiger partial charge in [-0.1, -0.05) is 57.2 Å². The minimum Gasteiger partial charge on any atom is -0.478 e. The predicted molar refractivity (Wildman–Crippen MR) is 78.5 cm³/mol. The van der Waals surface area contributed by atoms with Crippen molar-refractivity contribution in [3.63, 3.8) is 0 Å². The molecule has 1 aromatic carbocycles. The van der Waals surface area contributed by atoms with Crippen molar-refractivity contribution in [3.8, 4) is 0 Å². The van der Waals surface area contributed by atoms with Crippen LogP contribution in [-0.4, -0.2) is 17.6 Å². The summed E-state index contributed by atoms with van der Waals surface area (Å²) in [5.74, 6) is -0.850. The van der Waals surface area contributed by atoms with E-state index in [1.54, 1.807) is 12.1 Å². The normalized spacial score (nSPS) is 10.6. The topological polar surface area (TPSA) is 49.3 Å². The zero-order valence-electron chi connectivity index (χ0n) is 11.8. The predicted octanol–water partition coefficient (Wildman–Crippen LogP) is 3.83. The standard InChI is InChI=1S/C16H25NO2/c1-2-3-4-5-6-9-12-17-13-14-10-7-8-11-15(14)16(18)19/h7-8,10-11,17H,2-6,9,12-13H2,1H3,(H,18,19). The zero-order chi connectivity index (χ0) is 13.9. The molecular formula is C16H25NO2. The minimum atomic E-state index is -0.850. The summed E-state index contributed by atoms with van der Waals surface area (Å²) < 4.78 is 0. The van der Waals surface area contributed by atoms with E-state index >= 15 is 0 Å². The summed E-state index contributed by atoms with van der Waals surface area (Å²) in [6, 6.07) is 7.18. The first-order chi connectivity index (χ1) is 9.25. The molecule has 0 bridgehead atoms. The van der Waals surface area contributed by atoms with E-state index in [-0.39, 0.29) is 0 Å². The van der Waals surface area contributed by atoms with Crippen LogP contribution in [0.3, 0.4) is 0 Å². The van der Waals surface area contributed by atoms with E-state index in [0.717, 1.165) is 12.1 Å². The lowest BCUT2D eigenvalue weighted by molar-refractivity contribution is 0.0695. The van der Waals surface area contributed by atoms with Gasteiger partial charge in [0.25, 0.3) is 0 Å². The molecule has 0 aromatic heterocycles. The molecule has 0 atom stereocenters. The van der Waals surface area contributed by atoms with Crippen LogP contribution in [0.5, 0.6) is 0 Å². The Morgan fingerprint density at radius 3 is 2.53 bits per heavy atom. The van der Waals surface area contributed by atoms with E-state index in [1.807, 2.05) is 12.1 Å². The molecule has 0 spiro atoms. The second-order valence-electron chi connectivity index (χ2n) is 4.91. The molecule has 0 fully saturated rings. The Morgan fingerprint density at radius 2 is 1.79 bits per heavy atom. The van der Waals surface area contributed by atoms with E-state index in [2.05, 4.69) is 12.2 Å². The molecule has 3 nitrogen and oxygen atoms in total. The van der Waals surface area contributed by atoms with E-state index in [9.17, 15) is 4.79 Å². The lowest BCUT2D eigenvalue weighted by Gasteiger charge is -2.07. The molecule has 3 heteroatoms. The van der Waals surface area contributed by atoms with Gasteiger partial charge >= 0.3 is 5.97 Å². The maximum Gasteiger partial charge on any atom is 0.336 e. The fraction of sp³-hybridized carbons (Fsp3) is 0.562. The van der Waals surface area contributed by atoms with E-state index in [1.165, 1.54) is 38.5 Å². The van der Waals surface area contributed by atoms with E-state index in [4.69, 9.17) is 5.11 Å². The van der Waals surface area contributed by atoms with E-state index in [0.29, 0.717) is 12.1 Å². The summed E-state index contributed by atoms with van der Waals surface area (Å²) in [5, 5.41) is 12.4. The Labute approximate surface area is 116 Å². The summed E-state index contributed by atoms with van der Waals surface area (Å²) in [6.07, 6.45) is 7.68. The van der Waals surface area contributed by atoms with Crippen LogP contribution in [0.25, 0.3) is 0 Å². The van der Waals surface area contributed by atoms with Crippen molar-refractivity contribution in [3.05, 3.63) is 35.4 Å². The first-order valence-electron chi connectivity index (χ1n) is 7.27. The van der Waals surface area contributed by atoms with Crippen LogP contribution in [0.1, 0.15) is 61.4 Å². The fourth-order valence-corrected chi connectivity index (χ4v) is 2.14. The number of hydrogen-bond donors (Lipinski definition) is 2. The van der Waals surface area contributed by atoms with Crippen molar-refractivity contribution in [2.24, 2.45) is 0 Å². The van der Waals surface area contributed by atoms with Crippen molar-refractivity contribution in [1.29, 1.82) is 0 Å². The highest BCUT2D eigenvalue weighted by Gasteiger charge is 2.07. The molecule has 0 aliphatic rings. The van der Waals surface area contributed by atoms with Gasteiger partial charge in [0.15, 0.2) is 0 Å². The summed E-state index contributed by atoms with van der Waals surface area (Å²) in [4.78, 5) is 11.0. The third kappa shape index (κ3) is 6.39.